The summed E-state index contributed by atoms with van der Waals surface area (Å²) < 4.78 is 10.9. The summed E-state index contributed by atoms with van der Waals surface area (Å²) in [7, 11) is 0. The summed E-state index contributed by atoms with van der Waals surface area (Å²) in [6.45, 7) is 0.822. The van der Waals surface area contributed by atoms with Crippen molar-refractivity contribution in [3.63, 3.8) is 0 Å². The van der Waals surface area contributed by atoms with Crippen LogP contribution in [-0.2, 0) is 11.2 Å². The Balaban J connectivity index is 2.50. The van der Waals surface area contributed by atoms with Crippen molar-refractivity contribution < 1.29 is 19.1 Å². The second-order valence-corrected chi connectivity index (χ2v) is 4.01. The van der Waals surface area contributed by atoms with E-state index < -0.39 is 0 Å². The summed E-state index contributed by atoms with van der Waals surface area (Å²) in [5.41, 5.74) is 1.10. The van der Waals surface area contributed by atoms with Crippen LogP contribution in [0.4, 0.5) is 0 Å². The highest BCUT2D eigenvalue weighted by Crippen LogP contribution is 2.41. The van der Waals surface area contributed by atoms with Gasteiger partial charge in [0.2, 0.25) is 0 Å². The lowest BCUT2D eigenvalue weighted by Gasteiger charge is -2.23. The van der Waals surface area contributed by atoms with Crippen LogP contribution < -0.4 is 9.47 Å². The zero-order valence-electron chi connectivity index (χ0n) is 9.07. The third-order valence-electron chi connectivity index (χ3n) is 2.53. The Labute approximate surface area is 103 Å². The molecule has 0 saturated carbocycles. The van der Waals surface area contributed by atoms with Crippen molar-refractivity contribution in [3.8, 4) is 11.5 Å². The van der Waals surface area contributed by atoms with Gasteiger partial charge in [-0.3, -0.25) is 4.79 Å². The number of aldehydes is 2. The molecule has 0 radical (unpaired) electrons. The Morgan fingerprint density at radius 2 is 1.94 bits per heavy atom. The van der Waals surface area contributed by atoms with Gasteiger partial charge in [-0.05, 0) is 12.5 Å². The molecular formula is C12H11ClO4. The summed E-state index contributed by atoms with van der Waals surface area (Å²) in [5, 5.41) is 0.429. The highest BCUT2D eigenvalue weighted by Gasteiger charge is 2.22. The lowest BCUT2D eigenvalue weighted by molar-refractivity contribution is -0.107. The van der Waals surface area contributed by atoms with Gasteiger partial charge in [0.15, 0.2) is 17.8 Å². The highest BCUT2D eigenvalue weighted by atomic mass is 35.5. The van der Waals surface area contributed by atoms with Crippen LogP contribution in [0.15, 0.2) is 6.07 Å². The molecule has 5 heteroatoms. The molecule has 1 aliphatic rings. The zero-order chi connectivity index (χ0) is 12.3. The summed E-state index contributed by atoms with van der Waals surface area (Å²) in [6.07, 6.45) is 2.34. The quantitative estimate of drug-likeness (QED) is 0.772. The van der Waals surface area contributed by atoms with Crippen LogP contribution in [0.2, 0.25) is 5.02 Å². The number of hydrogen-bond acceptors (Lipinski definition) is 4. The van der Waals surface area contributed by atoms with E-state index in [1.807, 2.05) is 0 Å². The Hall–Kier alpha value is -1.55. The second-order valence-electron chi connectivity index (χ2n) is 3.60. The fourth-order valence-corrected chi connectivity index (χ4v) is 2.08. The van der Waals surface area contributed by atoms with E-state index in [0.29, 0.717) is 54.4 Å². The molecule has 0 saturated heterocycles. The van der Waals surface area contributed by atoms with Crippen LogP contribution in [0, 0.1) is 0 Å². The average molecular weight is 255 g/mol. The molecule has 0 aromatic heterocycles. The first-order chi connectivity index (χ1) is 8.27. The largest absolute Gasteiger partial charge is 0.486 e. The number of halogens is 1. The minimum atomic E-state index is 0.357. The van der Waals surface area contributed by atoms with Crippen LogP contribution in [0.3, 0.4) is 0 Å². The van der Waals surface area contributed by atoms with E-state index in [-0.39, 0.29) is 0 Å². The van der Waals surface area contributed by atoms with Gasteiger partial charge in [0.25, 0.3) is 0 Å². The predicted octanol–water partition coefficient (Wildman–Crippen LogP) is 2.06. The van der Waals surface area contributed by atoms with Crippen molar-refractivity contribution in [3.05, 3.63) is 22.2 Å². The van der Waals surface area contributed by atoms with Crippen molar-refractivity contribution >= 4 is 24.2 Å². The molecule has 2 rings (SSSR count). The van der Waals surface area contributed by atoms with Gasteiger partial charge in [-0.25, -0.2) is 0 Å². The number of carbonyl (C=O) groups is 2. The summed E-state index contributed by atoms with van der Waals surface area (Å²) >= 11 is 6.07. The Kier molecular flexibility index (Phi) is 3.64. The smallest absolute Gasteiger partial charge is 0.172 e. The van der Waals surface area contributed by atoms with Crippen LogP contribution in [0.5, 0.6) is 11.5 Å². The standard InChI is InChI=1S/C12H11ClO4/c13-10-6-8(7-15)11-12(17-5-4-16-11)9(10)2-1-3-14/h3,6-7H,1-2,4-5H2. The maximum Gasteiger partial charge on any atom is 0.172 e. The molecule has 0 fully saturated rings. The molecule has 0 amide bonds. The van der Waals surface area contributed by atoms with E-state index in [2.05, 4.69) is 0 Å². The van der Waals surface area contributed by atoms with E-state index in [4.69, 9.17) is 21.1 Å². The topological polar surface area (TPSA) is 52.6 Å². The van der Waals surface area contributed by atoms with E-state index >= 15 is 0 Å². The number of carbonyl (C=O) groups excluding carboxylic acids is 2. The van der Waals surface area contributed by atoms with Gasteiger partial charge in [0.05, 0.1) is 5.56 Å². The minimum Gasteiger partial charge on any atom is -0.486 e. The normalized spacial score (nSPS) is 13.2. The van der Waals surface area contributed by atoms with Crippen LogP contribution >= 0.6 is 11.6 Å². The van der Waals surface area contributed by atoms with Crippen molar-refractivity contribution in [2.24, 2.45) is 0 Å². The number of hydrogen-bond donors (Lipinski definition) is 0. The minimum absolute atomic E-state index is 0.357. The summed E-state index contributed by atoms with van der Waals surface area (Å²) in [5.74, 6) is 0.921. The summed E-state index contributed by atoms with van der Waals surface area (Å²) in [4.78, 5) is 21.3. The van der Waals surface area contributed by atoms with Gasteiger partial charge in [-0.1, -0.05) is 11.6 Å². The Morgan fingerprint density at radius 1 is 1.24 bits per heavy atom. The molecule has 1 aromatic rings. The maximum atomic E-state index is 10.9. The monoisotopic (exact) mass is 254 g/mol. The molecular weight excluding hydrogens is 244 g/mol. The number of fused-ring (bicyclic) bond motifs is 1. The van der Waals surface area contributed by atoms with Gasteiger partial charge in [-0.15, -0.1) is 0 Å². The molecule has 90 valence electrons. The predicted molar refractivity (Wildman–Crippen MR) is 62.2 cm³/mol. The molecule has 1 heterocycles. The third kappa shape index (κ3) is 2.26. The SMILES string of the molecule is O=CCCc1c(Cl)cc(C=O)c2c1OCCO2. The van der Waals surface area contributed by atoms with Gasteiger partial charge in [-0.2, -0.15) is 0 Å². The highest BCUT2D eigenvalue weighted by molar-refractivity contribution is 6.32. The van der Waals surface area contributed by atoms with Gasteiger partial charge in [0, 0.05) is 17.0 Å². The first-order valence-corrected chi connectivity index (χ1v) is 5.65. The van der Waals surface area contributed by atoms with Crippen molar-refractivity contribution in [2.45, 2.75) is 12.8 Å². The maximum absolute atomic E-state index is 10.9. The third-order valence-corrected chi connectivity index (χ3v) is 2.87. The molecule has 0 atom stereocenters. The molecule has 17 heavy (non-hydrogen) atoms. The van der Waals surface area contributed by atoms with Crippen molar-refractivity contribution in [2.75, 3.05) is 13.2 Å². The molecule has 1 aliphatic heterocycles. The van der Waals surface area contributed by atoms with Gasteiger partial charge in [0.1, 0.15) is 19.5 Å². The molecule has 0 aliphatic carbocycles. The molecule has 0 spiro atoms. The molecule has 0 unspecified atom stereocenters. The Bertz CT molecular complexity index is 456. The van der Waals surface area contributed by atoms with E-state index in [1.165, 1.54) is 0 Å². The van der Waals surface area contributed by atoms with E-state index in [9.17, 15) is 9.59 Å². The van der Waals surface area contributed by atoms with Crippen molar-refractivity contribution in [1.29, 1.82) is 0 Å². The second kappa shape index (κ2) is 5.19. The number of benzene rings is 1. The fourth-order valence-electron chi connectivity index (χ4n) is 1.78. The lowest BCUT2D eigenvalue weighted by atomic mass is 10.0. The van der Waals surface area contributed by atoms with Crippen LogP contribution in [0.1, 0.15) is 22.3 Å². The zero-order valence-corrected chi connectivity index (χ0v) is 9.83. The Morgan fingerprint density at radius 3 is 2.59 bits per heavy atom. The average Bonchev–Trinajstić information content (AvgIpc) is 2.37. The summed E-state index contributed by atoms with van der Waals surface area (Å²) in [6, 6.07) is 1.54. The molecule has 4 nitrogen and oxygen atoms in total. The van der Waals surface area contributed by atoms with Crippen LogP contribution in [0.25, 0.3) is 0 Å². The van der Waals surface area contributed by atoms with Gasteiger partial charge >= 0.3 is 0 Å². The number of rotatable bonds is 4. The van der Waals surface area contributed by atoms with Gasteiger partial charge < -0.3 is 14.3 Å². The van der Waals surface area contributed by atoms with E-state index in [0.717, 1.165) is 11.8 Å². The molecule has 1 aromatic carbocycles. The molecule has 0 N–H and O–H groups in total. The van der Waals surface area contributed by atoms with Crippen LogP contribution in [-0.4, -0.2) is 25.8 Å². The lowest BCUT2D eigenvalue weighted by Crippen LogP contribution is -2.18. The fraction of sp³-hybridized carbons (Fsp3) is 0.333. The first kappa shape index (κ1) is 11.9. The first-order valence-electron chi connectivity index (χ1n) is 5.27. The number of ether oxygens (including phenoxy) is 2. The van der Waals surface area contributed by atoms with Crippen molar-refractivity contribution in [1.82, 2.24) is 0 Å². The molecule has 0 bridgehead atoms. The van der Waals surface area contributed by atoms with E-state index in [1.54, 1.807) is 6.07 Å².